The van der Waals surface area contributed by atoms with Crippen LogP contribution < -0.4 is 5.32 Å². The zero-order valence-electron chi connectivity index (χ0n) is 16.1. The van der Waals surface area contributed by atoms with Gasteiger partial charge in [-0.3, -0.25) is 9.36 Å². The summed E-state index contributed by atoms with van der Waals surface area (Å²) in [4.78, 5) is 12.4. The molecule has 6 heteroatoms. The number of carbonyl (C=O) groups is 1. The molecule has 144 valence electrons. The van der Waals surface area contributed by atoms with Crippen molar-refractivity contribution in [1.29, 1.82) is 0 Å². The largest absolute Gasteiger partial charge is 0.352 e. The van der Waals surface area contributed by atoms with Gasteiger partial charge in [0.1, 0.15) is 0 Å². The molecule has 0 radical (unpaired) electrons. The van der Waals surface area contributed by atoms with Crippen molar-refractivity contribution in [2.24, 2.45) is 5.92 Å². The zero-order valence-corrected chi connectivity index (χ0v) is 17.0. The van der Waals surface area contributed by atoms with Gasteiger partial charge >= 0.3 is 0 Å². The molecule has 0 saturated heterocycles. The Hall–Kier alpha value is -2.08. The van der Waals surface area contributed by atoms with Crippen molar-refractivity contribution < 1.29 is 4.79 Å². The molecule has 1 saturated carbocycles. The maximum absolute atomic E-state index is 12.4. The van der Waals surface area contributed by atoms with E-state index in [9.17, 15) is 4.79 Å². The molecule has 5 nitrogen and oxygen atoms in total. The Balaban J connectivity index is 1.67. The number of nitrogens with one attached hydrogen (secondary N) is 1. The lowest BCUT2D eigenvalue weighted by molar-refractivity contribution is -0.119. The Morgan fingerprint density at radius 2 is 2.19 bits per heavy atom. The Kier molecular flexibility index (Phi) is 6.72. The topological polar surface area (TPSA) is 59.8 Å². The average molecular weight is 385 g/mol. The third-order valence-electron chi connectivity index (χ3n) is 5.10. The van der Waals surface area contributed by atoms with Gasteiger partial charge in [0.25, 0.3) is 0 Å². The highest BCUT2D eigenvalue weighted by molar-refractivity contribution is 7.99. The number of allylic oxidation sites excluding steroid dienone is 1. The Morgan fingerprint density at radius 1 is 1.37 bits per heavy atom. The molecule has 1 N–H and O–H groups in total. The number of hydrogen-bond acceptors (Lipinski definition) is 4. The van der Waals surface area contributed by atoms with Gasteiger partial charge in [0.15, 0.2) is 11.0 Å². The standard InChI is InChI=1S/C21H28N4OS/c1-4-12-25-20(17-10-7-8-15(2)13-17)23-24-21(25)27-14-19(26)22-18-11-6-5-9-16(18)3/h4,7-8,10,13,16,18H,1,5-6,9,11-12,14H2,2-3H3,(H,22,26)/t16-,18-/m0/s1. The van der Waals surface area contributed by atoms with Crippen LogP contribution in [0.3, 0.4) is 0 Å². The third kappa shape index (κ3) is 5.01. The smallest absolute Gasteiger partial charge is 0.230 e. The van der Waals surface area contributed by atoms with Crippen LogP contribution in [-0.4, -0.2) is 32.5 Å². The van der Waals surface area contributed by atoms with Crippen molar-refractivity contribution in [2.45, 2.75) is 57.3 Å². The SMILES string of the molecule is C=CCn1c(SCC(=O)N[C@H]2CCCC[C@@H]2C)nnc1-c1cccc(C)c1. The summed E-state index contributed by atoms with van der Waals surface area (Å²) in [6, 6.07) is 8.51. The van der Waals surface area contributed by atoms with Gasteiger partial charge in [-0.25, -0.2) is 0 Å². The maximum Gasteiger partial charge on any atom is 0.230 e. The highest BCUT2D eigenvalue weighted by Crippen LogP contribution is 2.26. The Bertz CT molecular complexity index is 801. The molecule has 1 fully saturated rings. The molecule has 1 aliphatic carbocycles. The van der Waals surface area contributed by atoms with Crippen molar-refractivity contribution in [2.75, 3.05) is 5.75 Å². The van der Waals surface area contributed by atoms with Crippen LogP contribution in [0.4, 0.5) is 0 Å². The molecule has 1 heterocycles. The van der Waals surface area contributed by atoms with Crippen molar-refractivity contribution in [3.8, 4) is 11.4 Å². The molecule has 2 atom stereocenters. The maximum atomic E-state index is 12.4. The van der Waals surface area contributed by atoms with Crippen LogP contribution in [0.5, 0.6) is 0 Å². The van der Waals surface area contributed by atoms with Crippen LogP contribution in [0.1, 0.15) is 38.2 Å². The first-order valence-corrected chi connectivity index (χ1v) is 10.6. The van der Waals surface area contributed by atoms with Gasteiger partial charge in [0.05, 0.1) is 5.75 Å². The van der Waals surface area contributed by atoms with Gasteiger partial charge in [-0.05, 0) is 31.7 Å². The summed E-state index contributed by atoms with van der Waals surface area (Å²) in [5, 5.41) is 12.6. The zero-order chi connectivity index (χ0) is 19.2. The van der Waals surface area contributed by atoms with Gasteiger partial charge in [0.2, 0.25) is 5.91 Å². The molecule has 2 aromatic rings. The second-order valence-corrected chi connectivity index (χ2v) is 8.24. The van der Waals surface area contributed by atoms with Crippen molar-refractivity contribution in [3.63, 3.8) is 0 Å². The van der Waals surface area contributed by atoms with E-state index in [1.54, 1.807) is 0 Å². The van der Waals surface area contributed by atoms with E-state index in [1.165, 1.54) is 36.6 Å². The Morgan fingerprint density at radius 3 is 2.93 bits per heavy atom. The monoisotopic (exact) mass is 384 g/mol. The van der Waals surface area contributed by atoms with Gasteiger partial charge in [-0.2, -0.15) is 0 Å². The number of aromatic nitrogens is 3. The minimum atomic E-state index is 0.0732. The van der Waals surface area contributed by atoms with E-state index in [0.29, 0.717) is 24.3 Å². The van der Waals surface area contributed by atoms with Crippen LogP contribution >= 0.6 is 11.8 Å². The van der Waals surface area contributed by atoms with E-state index in [-0.39, 0.29) is 5.91 Å². The first kappa shape index (κ1) is 19.7. The summed E-state index contributed by atoms with van der Waals surface area (Å²) in [6.45, 7) is 8.74. The van der Waals surface area contributed by atoms with Crippen molar-refractivity contribution in [3.05, 3.63) is 42.5 Å². The lowest BCUT2D eigenvalue weighted by Crippen LogP contribution is -2.41. The fraction of sp³-hybridized carbons (Fsp3) is 0.476. The van der Waals surface area contributed by atoms with E-state index in [2.05, 4.69) is 48.1 Å². The number of nitrogens with zero attached hydrogens (tertiary/aromatic N) is 3. The van der Waals surface area contributed by atoms with E-state index >= 15 is 0 Å². The highest BCUT2D eigenvalue weighted by atomic mass is 32.2. The second kappa shape index (κ2) is 9.22. The van der Waals surface area contributed by atoms with Gasteiger partial charge in [-0.15, -0.1) is 16.8 Å². The van der Waals surface area contributed by atoms with Crippen molar-refractivity contribution >= 4 is 17.7 Å². The van der Waals surface area contributed by atoms with E-state index in [4.69, 9.17) is 0 Å². The first-order chi connectivity index (χ1) is 13.1. The fourth-order valence-electron chi connectivity index (χ4n) is 3.60. The number of hydrogen-bond donors (Lipinski definition) is 1. The Labute approximate surface area is 165 Å². The van der Waals surface area contributed by atoms with Crippen LogP contribution in [0.15, 0.2) is 42.1 Å². The highest BCUT2D eigenvalue weighted by Gasteiger charge is 2.23. The third-order valence-corrected chi connectivity index (χ3v) is 6.06. The number of rotatable bonds is 7. The molecule has 0 aliphatic heterocycles. The molecule has 1 aliphatic rings. The predicted molar refractivity (Wildman–Crippen MR) is 111 cm³/mol. The first-order valence-electron chi connectivity index (χ1n) is 9.61. The predicted octanol–water partition coefficient (Wildman–Crippen LogP) is 4.23. The molecule has 3 rings (SSSR count). The van der Waals surface area contributed by atoms with Crippen molar-refractivity contribution in [1.82, 2.24) is 20.1 Å². The molecule has 0 bridgehead atoms. The number of aryl methyl sites for hydroxylation is 1. The average Bonchev–Trinajstić information content (AvgIpc) is 3.05. The summed E-state index contributed by atoms with van der Waals surface area (Å²) >= 11 is 1.43. The molecular weight excluding hydrogens is 356 g/mol. The number of benzene rings is 1. The van der Waals surface area contributed by atoms with Gasteiger partial charge in [-0.1, -0.05) is 61.4 Å². The van der Waals surface area contributed by atoms with Crippen LogP contribution in [0, 0.1) is 12.8 Å². The molecule has 27 heavy (non-hydrogen) atoms. The lowest BCUT2D eigenvalue weighted by Gasteiger charge is -2.29. The molecule has 1 aromatic heterocycles. The molecular formula is C21H28N4OS. The minimum absolute atomic E-state index is 0.0732. The molecule has 1 aromatic carbocycles. The van der Waals surface area contributed by atoms with Gasteiger partial charge < -0.3 is 5.32 Å². The van der Waals surface area contributed by atoms with Gasteiger partial charge in [0, 0.05) is 18.2 Å². The summed E-state index contributed by atoms with van der Waals surface area (Å²) in [7, 11) is 0. The fourth-order valence-corrected chi connectivity index (χ4v) is 4.36. The molecule has 0 unspecified atom stereocenters. The van der Waals surface area contributed by atoms with Crippen LogP contribution in [-0.2, 0) is 11.3 Å². The summed E-state index contributed by atoms with van der Waals surface area (Å²) in [5.41, 5.74) is 2.20. The summed E-state index contributed by atoms with van der Waals surface area (Å²) in [5.74, 6) is 1.79. The number of amides is 1. The molecule has 0 spiro atoms. The van der Waals surface area contributed by atoms with E-state index < -0.39 is 0 Å². The summed E-state index contributed by atoms with van der Waals surface area (Å²) in [6.07, 6.45) is 6.59. The summed E-state index contributed by atoms with van der Waals surface area (Å²) < 4.78 is 2.02. The van der Waals surface area contributed by atoms with E-state index in [0.717, 1.165) is 23.0 Å². The normalized spacial score (nSPS) is 19.6. The minimum Gasteiger partial charge on any atom is -0.352 e. The number of thioether (sulfide) groups is 1. The van der Waals surface area contributed by atoms with Crippen LogP contribution in [0.2, 0.25) is 0 Å². The quantitative estimate of drug-likeness (QED) is 0.573. The molecule has 1 amide bonds. The number of carbonyl (C=O) groups excluding carboxylic acids is 1. The van der Waals surface area contributed by atoms with Crippen LogP contribution in [0.25, 0.3) is 11.4 Å². The second-order valence-electron chi connectivity index (χ2n) is 7.30. The lowest BCUT2D eigenvalue weighted by atomic mass is 9.86. The van der Waals surface area contributed by atoms with E-state index in [1.807, 2.05) is 22.8 Å².